The van der Waals surface area contributed by atoms with E-state index in [0.29, 0.717) is 6.10 Å². The van der Waals surface area contributed by atoms with Crippen LogP contribution in [0.25, 0.3) is 0 Å². The molecule has 19 heavy (non-hydrogen) atoms. The summed E-state index contributed by atoms with van der Waals surface area (Å²) >= 11 is 0. The van der Waals surface area contributed by atoms with Crippen LogP contribution in [0.2, 0.25) is 0 Å². The Labute approximate surface area is 115 Å². The molecule has 1 aromatic rings. The third-order valence-electron chi connectivity index (χ3n) is 3.79. The highest BCUT2D eigenvalue weighted by molar-refractivity contribution is 5.46. The second-order valence-electron chi connectivity index (χ2n) is 5.14. The topological polar surface area (TPSA) is 29.5 Å². The summed E-state index contributed by atoms with van der Waals surface area (Å²) in [5.41, 5.74) is 0.871. The second kappa shape index (κ2) is 7.21. The van der Waals surface area contributed by atoms with Crippen molar-refractivity contribution in [3.63, 3.8) is 0 Å². The predicted molar refractivity (Wildman–Crippen MR) is 77.1 cm³/mol. The Kier molecular flexibility index (Phi) is 5.30. The van der Waals surface area contributed by atoms with Crippen molar-refractivity contribution in [2.24, 2.45) is 5.92 Å². The maximum Gasteiger partial charge on any atom is 0.135 e. The van der Waals surface area contributed by atoms with E-state index in [-0.39, 0.29) is 6.61 Å². The lowest BCUT2D eigenvalue weighted by Crippen LogP contribution is -2.25. The average Bonchev–Trinajstić information content (AvgIpc) is 2.46. The number of benzene rings is 1. The highest BCUT2D eigenvalue weighted by Gasteiger charge is 2.22. The van der Waals surface area contributed by atoms with Crippen LogP contribution in [0.5, 0.6) is 5.75 Å². The van der Waals surface area contributed by atoms with Gasteiger partial charge in [0.1, 0.15) is 12.4 Å². The van der Waals surface area contributed by atoms with Crippen LogP contribution in [0.3, 0.4) is 0 Å². The van der Waals surface area contributed by atoms with Gasteiger partial charge in [-0.1, -0.05) is 43.7 Å². The lowest BCUT2D eigenvalue weighted by molar-refractivity contribution is 0.122. The average molecular weight is 258 g/mol. The fourth-order valence-electron chi connectivity index (χ4n) is 2.71. The van der Waals surface area contributed by atoms with E-state index in [1.807, 2.05) is 24.3 Å². The summed E-state index contributed by atoms with van der Waals surface area (Å²) in [7, 11) is 0. The van der Waals surface area contributed by atoms with E-state index >= 15 is 0 Å². The first-order chi connectivity index (χ1) is 9.33. The van der Waals surface area contributed by atoms with Gasteiger partial charge < -0.3 is 9.84 Å². The highest BCUT2D eigenvalue weighted by atomic mass is 16.5. The maximum atomic E-state index is 8.79. The molecular formula is C17H22O2. The molecule has 2 nitrogen and oxygen atoms in total. The van der Waals surface area contributed by atoms with Crippen molar-refractivity contribution >= 4 is 0 Å². The molecule has 0 aliphatic heterocycles. The Balaban J connectivity index is 2.06. The predicted octanol–water partition coefficient (Wildman–Crippen LogP) is 3.38. The molecule has 0 radical (unpaired) electrons. The smallest absolute Gasteiger partial charge is 0.135 e. The summed E-state index contributed by atoms with van der Waals surface area (Å²) in [6, 6.07) is 7.83. The fourth-order valence-corrected chi connectivity index (χ4v) is 2.71. The third kappa shape index (κ3) is 4.01. The lowest BCUT2D eigenvalue weighted by Gasteiger charge is -2.29. The van der Waals surface area contributed by atoms with Crippen LogP contribution in [0.1, 0.15) is 44.6 Å². The number of rotatable bonds is 3. The number of ether oxygens (including phenoxy) is 1. The van der Waals surface area contributed by atoms with Crippen molar-refractivity contribution in [1.29, 1.82) is 0 Å². The van der Waals surface area contributed by atoms with Crippen LogP contribution < -0.4 is 4.74 Å². The largest absolute Gasteiger partial charge is 0.489 e. The van der Waals surface area contributed by atoms with Crippen LogP contribution in [0, 0.1) is 17.8 Å². The summed E-state index contributed by atoms with van der Waals surface area (Å²) in [4.78, 5) is 0. The Bertz CT molecular complexity index is 456. The van der Waals surface area contributed by atoms with Gasteiger partial charge in [-0.15, -0.1) is 0 Å². The van der Waals surface area contributed by atoms with Crippen LogP contribution in [-0.4, -0.2) is 17.8 Å². The molecule has 1 fully saturated rings. The van der Waals surface area contributed by atoms with Crippen molar-refractivity contribution in [1.82, 2.24) is 0 Å². The van der Waals surface area contributed by atoms with Crippen LogP contribution in [-0.2, 0) is 0 Å². The molecule has 1 aliphatic carbocycles. The molecule has 0 bridgehead atoms. The summed E-state index contributed by atoms with van der Waals surface area (Å²) in [5, 5.41) is 8.79. The molecule has 1 saturated carbocycles. The van der Waals surface area contributed by atoms with E-state index in [0.717, 1.165) is 30.1 Å². The van der Waals surface area contributed by atoms with Gasteiger partial charge in [0, 0.05) is 0 Å². The van der Waals surface area contributed by atoms with E-state index in [2.05, 4.69) is 18.8 Å². The van der Waals surface area contributed by atoms with Gasteiger partial charge in [0.25, 0.3) is 0 Å². The molecule has 0 amide bonds. The molecule has 2 unspecified atom stereocenters. The molecule has 0 heterocycles. The number of aliphatic hydroxyl groups excluding tert-OH is 1. The van der Waals surface area contributed by atoms with Crippen LogP contribution in [0.15, 0.2) is 24.3 Å². The first-order valence-electron chi connectivity index (χ1n) is 7.19. The quantitative estimate of drug-likeness (QED) is 0.842. The first-order valence-corrected chi connectivity index (χ1v) is 7.19. The zero-order valence-electron chi connectivity index (χ0n) is 11.6. The second-order valence-corrected chi connectivity index (χ2v) is 5.14. The summed E-state index contributed by atoms with van der Waals surface area (Å²) in [6.07, 6.45) is 6.44. The number of aliphatic hydroxyl groups is 1. The molecular weight excluding hydrogens is 236 g/mol. The molecule has 2 rings (SSSR count). The van der Waals surface area contributed by atoms with E-state index in [4.69, 9.17) is 9.84 Å². The molecule has 0 saturated heterocycles. The minimum atomic E-state index is -0.115. The third-order valence-corrected chi connectivity index (χ3v) is 3.79. The number of hydrogen-bond donors (Lipinski definition) is 1. The fraction of sp³-hybridized carbons (Fsp3) is 0.529. The van der Waals surface area contributed by atoms with Crippen molar-refractivity contribution in [2.45, 2.75) is 45.1 Å². The SMILES string of the molecule is CCC1CCCC(Oc2ccccc2C#CCO)C1. The summed E-state index contributed by atoms with van der Waals surface area (Å²) in [6.45, 7) is 2.14. The van der Waals surface area contributed by atoms with Crippen molar-refractivity contribution in [2.75, 3.05) is 6.61 Å². The minimum absolute atomic E-state index is 0.115. The minimum Gasteiger partial charge on any atom is -0.489 e. The highest BCUT2D eigenvalue weighted by Crippen LogP contribution is 2.30. The van der Waals surface area contributed by atoms with Gasteiger partial charge in [0.15, 0.2) is 0 Å². The first kappa shape index (κ1) is 14.0. The molecule has 2 heteroatoms. The monoisotopic (exact) mass is 258 g/mol. The number of para-hydroxylation sites is 1. The van der Waals surface area contributed by atoms with Gasteiger partial charge in [-0.2, -0.15) is 0 Å². The van der Waals surface area contributed by atoms with Gasteiger partial charge in [0.05, 0.1) is 11.7 Å². The zero-order valence-corrected chi connectivity index (χ0v) is 11.6. The Morgan fingerprint density at radius 3 is 2.95 bits per heavy atom. The zero-order chi connectivity index (χ0) is 13.5. The lowest BCUT2D eigenvalue weighted by atomic mass is 9.85. The molecule has 0 aromatic heterocycles. The van der Waals surface area contributed by atoms with Gasteiger partial charge >= 0.3 is 0 Å². The van der Waals surface area contributed by atoms with Crippen molar-refractivity contribution in [3.05, 3.63) is 29.8 Å². The normalized spacial score (nSPS) is 22.4. The van der Waals surface area contributed by atoms with Gasteiger partial charge in [-0.05, 0) is 37.3 Å². The van der Waals surface area contributed by atoms with Crippen molar-refractivity contribution < 1.29 is 9.84 Å². The summed E-state index contributed by atoms with van der Waals surface area (Å²) in [5.74, 6) is 7.29. The van der Waals surface area contributed by atoms with E-state index in [9.17, 15) is 0 Å². The summed E-state index contributed by atoms with van der Waals surface area (Å²) < 4.78 is 6.13. The Hall–Kier alpha value is -1.46. The molecule has 102 valence electrons. The van der Waals surface area contributed by atoms with E-state index < -0.39 is 0 Å². The maximum absolute atomic E-state index is 8.79. The Morgan fingerprint density at radius 1 is 1.32 bits per heavy atom. The van der Waals surface area contributed by atoms with E-state index in [1.54, 1.807) is 0 Å². The van der Waals surface area contributed by atoms with Crippen molar-refractivity contribution in [3.8, 4) is 17.6 Å². The van der Waals surface area contributed by atoms with Gasteiger partial charge in [0.2, 0.25) is 0 Å². The molecule has 2 atom stereocenters. The standard InChI is InChI=1S/C17H22O2/c1-2-14-7-5-10-16(13-14)19-17-11-4-3-8-15(17)9-6-12-18/h3-4,8,11,14,16,18H,2,5,7,10,12-13H2,1H3. The molecule has 0 spiro atoms. The molecule has 1 N–H and O–H groups in total. The molecule has 1 aliphatic rings. The van der Waals surface area contributed by atoms with Crippen LogP contribution in [0.4, 0.5) is 0 Å². The number of hydrogen-bond acceptors (Lipinski definition) is 2. The van der Waals surface area contributed by atoms with E-state index in [1.165, 1.54) is 19.3 Å². The van der Waals surface area contributed by atoms with Crippen LogP contribution >= 0.6 is 0 Å². The molecule has 1 aromatic carbocycles. The van der Waals surface area contributed by atoms with Gasteiger partial charge in [-0.3, -0.25) is 0 Å². The Morgan fingerprint density at radius 2 is 2.16 bits per heavy atom. The van der Waals surface area contributed by atoms with Gasteiger partial charge in [-0.25, -0.2) is 0 Å².